The lowest BCUT2D eigenvalue weighted by atomic mass is 10.1. The summed E-state index contributed by atoms with van der Waals surface area (Å²) in [5.41, 5.74) is 9.84. The molecule has 0 saturated carbocycles. The Hall–Kier alpha value is -3.06. The monoisotopic (exact) mass is 351 g/mol. The number of aromatic nitrogens is 2. The van der Waals surface area contributed by atoms with Gasteiger partial charge in [-0.05, 0) is 24.6 Å². The zero-order valence-corrected chi connectivity index (χ0v) is 14.6. The number of aromatic amines is 1. The van der Waals surface area contributed by atoms with Crippen LogP contribution in [0.15, 0.2) is 36.7 Å². The van der Waals surface area contributed by atoms with Crippen LogP contribution in [0.3, 0.4) is 0 Å². The van der Waals surface area contributed by atoms with E-state index >= 15 is 0 Å². The minimum absolute atomic E-state index is 0.0146. The standard InChI is InChI=1S/C19H21N5O2/c1-12-10-21-17-16(12)13(19(25)24-6-8-26-9-7-24)11-22-18(17)23-15-5-3-2-4-14(15)20/h2-5,10-11,21H,6-9,20H2,1H3,(H,22,23). The Morgan fingerprint density at radius 3 is 2.85 bits per heavy atom. The van der Waals surface area contributed by atoms with Gasteiger partial charge in [0, 0.05) is 30.9 Å². The fourth-order valence-electron chi connectivity index (χ4n) is 3.25. The van der Waals surface area contributed by atoms with Gasteiger partial charge in [-0.2, -0.15) is 0 Å². The molecule has 1 fully saturated rings. The number of aryl methyl sites for hydroxylation is 1. The Labute approximate surface area is 151 Å². The van der Waals surface area contributed by atoms with Gasteiger partial charge in [-0.15, -0.1) is 0 Å². The molecule has 1 amide bonds. The van der Waals surface area contributed by atoms with Crippen LogP contribution in [0.4, 0.5) is 17.2 Å². The molecule has 0 aliphatic carbocycles. The molecule has 2 aromatic heterocycles. The van der Waals surface area contributed by atoms with Crippen molar-refractivity contribution < 1.29 is 9.53 Å². The second-order valence-electron chi connectivity index (χ2n) is 6.36. The predicted octanol–water partition coefficient (Wildman–Crippen LogP) is 2.67. The SMILES string of the molecule is Cc1c[nH]c2c(Nc3ccccc3N)ncc(C(=O)N3CCOCC3)c12. The minimum Gasteiger partial charge on any atom is -0.397 e. The van der Waals surface area contributed by atoms with Crippen molar-refractivity contribution in [2.75, 3.05) is 37.4 Å². The van der Waals surface area contributed by atoms with Gasteiger partial charge < -0.3 is 25.7 Å². The number of nitrogens with one attached hydrogen (secondary N) is 2. The van der Waals surface area contributed by atoms with E-state index < -0.39 is 0 Å². The van der Waals surface area contributed by atoms with Crippen molar-refractivity contribution >= 4 is 34.0 Å². The molecule has 0 bridgehead atoms. The number of para-hydroxylation sites is 2. The Balaban J connectivity index is 1.74. The molecule has 3 heterocycles. The fraction of sp³-hybridized carbons (Fsp3) is 0.263. The number of morpholine rings is 1. The highest BCUT2D eigenvalue weighted by molar-refractivity contribution is 6.10. The number of hydrogen-bond donors (Lipinski definition) is 3. The van der Waals surface area contributed by atoms with Crippen LogP contribution in [-0.4, -0.2) is 47.1 Å². The number of anilines is 3. The summed E-state index contributed by atoms with van der Waals surface area (Å²) in [6, 6.07) is 7.51. The largest absolute Gasteiger partial charge is 0.397 e. The van der Waals surface area contributed by atoms with E-state index in [-0.39, 0.29) is 5.91 Å². The normalized spacial score (nSPS) is 14.6. The number of pyridine rings is 1. The van der Waals surface area contributed by atoms with Crippen LogP contribution in [0.25, 0.3) is 10.9 Å². The van der Waals surface area contributed by atoms with Gasteiger partial charge in [-0.3, -0.25) is 4.79 Å². The number of nitrogen functional groups attached to an aromatic ring is 1. The van der Waals surface area contributed by atoms with Gasteiger partial charge in [0.05, 0.1) is 35.7 Å². The first kappa shape index (κ1) is 16.4. The molecule has 1 saturated heterocycles. The molecule has 0 atom stereocenters. The molecule has 1 aliphatic heterocycles. The van der Waals surface area contributed by atoms with Gasteiger partial charge >= 0.3 is 0 Å². The number of fused-ring (bicyclic) bond motifs is 1. The van der Waals surface area contributed by atoms with Crippen LogP contribution in [0, 0.1) is 6.92 Å². The molecular formula is C19H21N5O2. The molecule has 7 nitrogen and oxygen atoms in total. The summed E-state index contributed by atoms with van der Waals surface area (Å²) in [5, 5.41) is 4.14. The van der Waals surface area contributed by atoms with Gasteiger partial charge in [-0.1, -0.05) is 12.1 Å². The van der Waals surface area contributed by atoms with E-state index in [1.165, 1.54) is 0 Å². The molecule has 0 unspecified atom stereocenters. The second kappa shape index (κ2) is 6.68. The maximum Gasteiger partial charge on any atom is 0.256 e. The number of nitrogens with two attached hydrogens (primary N) is 1. The highest BCUT2D eigenvalue weighted by atomic mass is 16.5. The predicted molar refractivity (Wildman–Crippen MR) is 102 cm³/mol. The average Bonchev–Trinajstić information content (AvgIpc) is 3.06. The van der Waals surface area contributed by atoms with Gasteiger partial charge in [0.1, 0.15) is 0 Å². The van der Waals surface area contributed by atoms with Crippen LogP contribution >= 0.6 is 0 Å². The molecule has 7 heteroatoms. The zero-order valence-electron chi connectivity index (χ0n) is 14.6. The third-order valence-electron chi connectivity index (χ3n) is 4.65. The first-order chi connectivity index (χ1) is 12.6. The van der Waals surface area contributed by atoms with Crippen molar-refractivity contribution in [2.24, 2.45) is 0 Å². The van der Waals surface area contributed by atoms with E-state index in [0.717, 1.165) is 22.2 Å². The Morgan fingerprint density at radius 2 is 2.08 bits per heavy atom. The van der Waals surface area contributed by atoms with E-state index in [1.54, 1.807) is 6.20 Å². The molecule has 0 spiro atoms. The maximum atomic E-state index is 13.0. The van der Waals surface area contributed by atoms with Crippen molar-refractivity contribution in [3.63, 3.8) is 0 Å². The number of ether oxygens (including phenoxy) is 1. The second-order valence-corrected chi connectivity index (χ2v) is 6.36. The van der Waals surface area contributed by atoms with Crippen molar-refractivity contribution in [2.45, 2.75) is 6.92 Å². The topological polar surface area (TPSA) is 96.3 Å². The summed E-state index contributed by atoms with van der Waals surface area (Å²) in [5.74, 6) is 0.629. The number of amides is 1. The summed E-state index contributed by atoms with van der Waals surface area (Å²) in [4.78, 5) is 22.5. The lowest BCUT2D eigenvalue weighted by molar-refractivity contribution is 0.0304. The molecule has 1 aromatic carbocycles. The number of nitrogens with zero attached hydrogens (tertiary/aromatic N) is 2. The molecule has 4 rings (SSSR count). The van der Waals surface area contributed by atoms with Crippen LogP contribution in [0.5, 0.6) is 0 Å². The average molecular weight is 351 g/mol. The Morgan fingerprint density at radius 1 is 1.31 bits per heavy atom. The summed E-state index contributed by atoms with van der Waals surface area (Å²) in [6.45, 7) is 4.33. The van der Waals surface area contributed by atoms with Crippen LogP contribution in [0.2, 0.25) is 0 Å². The number of rotatable bonds is 3. The highest BCUT2D eigenvalue weighted by Crippen LogP contribution is 2.31. The van der Waals surface area contributed by atoms with Gasteiger partial charge in [0.25, 0.3) is 5.91 Å². The van der Waals surface area contributed by atoms with Crippen molar-refractivity contribution in [3.05, 3.63) is 47.8 Å². The number of hydrogen-bond acceptors (Lipinski definition) is 5. The van der Waals surface area contributed by atoms with Crippen molar-refractivity contribution in [1.82, 2.24) is 14.9 Å². The van der Waals surface area contributed by atoms with Crippen molar-refractivity contribution in [1.29, 1.82) is 0 Å². The minimum atomic E-state index is -0.0146. The molecule has 1 aliphatic rings. The van der Waals surface area contributed by atoms with Crippen LogP contribution in [0.1, 0.15) is 15.9 Å². The van der Waals surface area contributed by atoms with Gasteiger partial charge in [0.15, 0.2) is 5.82 Å². The lowest BCUT2D eigenvalue weighted by Gasteiger charge is -2.27. The number of carbonyl (C=O) groups excluding carboxylic acids is 1. The van der Waals surface area contributed by atoms with Crippen LogP contribution < -0.4 is 11.1 Å². The van der Waals surface area contributed by atoms with E-state index in [0.29, 0.717) is 43.4 Å². The lowest BCUT2D eigenvalue weighted by Crippen LogP contribution is -2.40. The summed E-state index contributed by atoms with van der Waals surface area (Å²) in [7, 11) is 0. The van der Waals surface area contributed by atoms with E-state index in [1.807, 2.05) is 42.3 Å². The number of H-pyrrole nitrogens is 1. The Bertz CT molecular complexity index is 960. The molecule has 134 valence electrons. The van der Waals surface area contributed by atoms with Gasteiger partial charge in [0.2, 0.25) is 0 Å². The van der Waals surface area contributed by atoms with E-state index in [9.17, 15) is 4.79 Å². The van der Waals surface area contributed by atoms with Gasteiger partial charge in [-0.25, -0.2) is 4.98 Å². The first-order valence-corrected chi connectivity index (χ1v) is 8.60. The zero-order chi connectivity index (χ0) is 18.1. The van der Waals surface area contributed by atoms with Crippen LogP contribution in [-0.2, 0) is 4.74 Å². The fourth-order valence-corrected chi connectivity index (χ4v) is 3.25. The van der Waals surface area contributed by atoms with E-state index in [2.05, 4.69) is 15.3 Å². The smallest absolute Gasteiger partial charge is 0.256 e. The molecule has 4 N–H and O–H groups in total. The molecule has 3 aromatic rings. The quantitative estimate of drug-likeness (QED) is 0.631. The summed E-state index contributed by atoms with van der Waals surface area (Å²) >= 11 is 0. The number of benzene rings is 1. The summed E-state index contributed by atoms with van der Waals surface area (Å²) in [6.07, 6.45) is 3.53. The summed E-state index contributed by atoms with van der Waals surface area (Å²) < 4.78 is 5.34. The van der Waals surface area contributed by atoms with Crippen molar-refractivity contribution in [3.8, 4) is 0 Å². The Kier molecular flexibility index (Phi) is 4.22. The molecule has 26 heavy (non-hydrogen) atoms. The third-order valence-corrected chi connectivity index (χ3v) is 4.65. The van der Waals surface area contributed by atoms with E-state index in [4.69, 9.17) is 10.5 Å². The first-order valence-electron chi connectivity index (χ1n) is 8.60. The molecular weight excluding hydrogens is 330 g/mol. The number of carbonyl (C=O) groups is 1. The maximum absolute atomic E-state index is 13.0. The molecule has 0 radical (unpaired) electrons. The third kappa shape index (κ3) is 2.86. The highest BCUT2D eigenvalue weighted by Gasteiger charge is 2.23.